The quantitative estimate of drug-likeness (QED) is 0.314. The molecule has 0 aliphatic carbocycles. The average Bonchev–Trinajstić information content (AvgIpc) is 2.97. The molecule has 0 bridgehead atoms. The molecule has 1 aromatic heterocycles. The molecule has 5 rings (SSSR count). The molecule has 2 heterocycles. The van der Waals surface area contributed by atoms with Gasteiger partial charge in [0.2, 0.25) is 5.95 Å². The third-order valence-corrected chi connectivity index (χ3v) is 6.48. The van der Waals surface area contributed by atoms with E-state index >= 15 is 0 Å². The van der Waals surface area contributed by atoms with Gasteiger partial charge in [-0.25, -0.2) is 14.3 Å². The van der Waals surface area contributed by atoms with E-state index in [0.29, 0.717) is 42.4 Å². The molecule has 2 N–H and O–H groups in total. The zero-order chi connectivity index (χ0) is 29.0. The first kappa shape index (κ1) is 27.6. The van der Waals surface area contributed by atoms with Crippen LogP contribution < -0.4 is 25.7 Å². The van der Waals surface area contributed by atoms with Crippen molar-refractivity contribution in [2.24, 2.45) is 0 Å². The fourth-order valence-electron chi connectivity index (χ4n) is 4.45. The van der Waals surface area contributed by atoms with Crippen LogP contribution in [0.4, 0.5) is 29.6 Å². The highest BCUT2D eigenvalue weighted by atomic mass is 19.4. The van der Waals surface area contributed by atoms with Gasteiger partial charge in [0.05, 0.1) is 30.6 Å². The first-order valence-corrected chi connectivity index (χ1v) is 12.7. The number of ether oxygens (including phenoxy) is 2. The molecule has 2 amide bonds. The van der Waals surface area contributed by atoms with Gasteiger partial charge in [0, 0.05) is 25.2 Å². The Morgan fingerprint density at radius 1 is 0.976 bits per heavy atom. The Hall–Kier alpha value is -5.00. The van der Waals surface area contributed by atoms with E-state index in [1.54, 1.807) is 19.2 Å². The SMILES string of the molecule is COc1ccc(CNc2nc3c(c(=O)n2-c2ccccc2)CN(C(=O)Nc2ccc(OC(F)(F)F)cc2)CC3)cc1. The average molecular weight is 566 g/mol. The van der Waals surface area contributed by atoms with Crippen molar-refractivity contribution in [1.29, 1.82) is 0 Å². The number of urea groups is 1. The highest BCUT2D eigenvalue weighted by Crippen LogP contribution is 2.25. The van der Waals surface area contributed by atoms with Crippen molar-refractivity contribution in [3.63, 3.8) is 0 Å². The largest absolute Gasteiger partial charge is 0.573 e. The fourth-order valence-corrected chi connectivity index (χ4v) is 4.45. The molecule has 4 aromatic rings. The van der Waals surface area contributed by atoms with E-state index in [9.17, 15) is 22.8 Å². The van der Waals surface area contributed by atoms with E-state index in [2.05, 4.69) is 15.4 Å². The third kappa shape index (κ3) is 6.60. The summed E-state index contributed by atoms with van der Waals surface area (Å²) in [6.07, 6.45) is -4.46. The number of aromatic nitrogens is 2. The molecule has 1 aliphatic heterocycles. The summed E-state index contributed by atoms with van der Waals surface area (Å²) in [5.74, 6) is 0.726. The second-order valence-electron chi connectivity index (χ2n) is 9.21. The highest BCUT2D eigenvalue weighted by molar-refractivity contribution is 5.89. The summed E-state index contributed by atoms with van der Waals surface area (Å²) < 4.78 is 47.8. The predicted octanol–water partition coefficient (Wildman–Crippen LogP) is 5.34. The van der Waals surface area contributed by atoms with Crippen molar-refractivity contribution in [2.75, 3.05) is 24.3 Å². The number of methoxy groups -OCH3 is 1. The number of benzene rings is 3. The molecule has 3 aromatic carbocycles. The number of carbonyl (C=O) groups is 1. The van der Waals surface area contributed by atoms with Crippen LogP contribution in [-0.4, -0.2) is 40.5 Å². The standard InChI is InChI=1S/C29H26F3N5O4/c1-40-22-11-7-19(8-12-22)17-33-27-35-25-15-16-36(18-24(25)26(38)37(27)21-5-3-2-4-6-21)28(39)34-20-9-13-23(14-10-20)41-29(30,31)32/h2-14H,15-18H2,1H3,(H,33,35)(H,34,39). The van der Waals surface area contributed by atoms with Crippen LogP contribution in [0.5, 0.6) is 11.5 Å². The maximum absolute atomic E-state index is 13.8. The molecule has 0 radical (unpaired) electrons. The smallest absolute Gasteiger partial charge is 0.497 e. The van der Waals surface area contributed by atoms with E-state index in [-0.39, 0.29) is 17.8 Å². The van der Waals surface area contributed by atoms with Crippen LogP contribution in [0.15, 0.2) is 83.7 Å². The number of rotatable bonds is 7. The third-order valence-electron chi connectivity index (χ3n) is 6.48. The maximum Gasteiger partial charge on any atom is 0.573 e. The Bertz CT molecular complexity index is 1570. The molecule has 0 saturated heterocycles. The van der Waals surface area contributed by atoms with Crippen LogP contribution in [0.25, 0.3) is 5.69 Å². The summed E-state index contributed by atoms with van der Waals surface area (Å²) in [5.41, 5.74) is 2.56. The van der Waals surface area contributed by atoms with Gasteiger partial charge in [0.25, 0.3) is 5.56 Å². The number of amides is 2. The van der Waals surface area contributed by atoms with E-state index < -0.39 is 18.1 Å². The topological polar surface area (TPSA) is 97.7 Å². The number of hydrogen-bond donors (Lipinski definition) is 2. The normalized spacial score (nSPS) is 12.8. The minimum absolute atomic E-state index is 0.0217. The lowest BCUT2D eigenvalue weighted by Gasteiger charge is -2.29. The number of nitrogens with one attached hydrogen (secondary N) is 2. The molecule has 0 atom stereocenters. The molecule has 212 valence electrons. The van der Waals surface area contributed by atoms with Crippen molar-refractivity contribution >= 4 is 17.7 Å². The number of nitrogens with zero attached hydrogens (tertiary/aromatic N) is 3. The van der Waals surface area contributed by atoms with Crippen molar-refractivity contribution in [2.45, 2.75) is 25.9 Å². The molecule has 1 aliphatic rings. The van der Waals surface area contributed by atoms with Crippen molar-refractivity contribution in [3.05, 3.63) is 106 Å². The van der Waals surface area contributed by atoms with Gasteiger partial charge < -0.3 is 25.0 Å². The van der Waals surface area contributed by atoms with E-state index in [4.69, 9.17) is 9.72 Å². The van der Waals surface area contributed by atoms with Gasteiger partial charge in [-0.15, -0.1) is 13.2 Å². The van der Waals surface area contributed by atoms with Crippen LogP contribution in [0.3, 0.4) is 0 Å². The van der Waals surface area contributed by atoms with Crippen molar-refractivity contribution < 1.29 is 27.4 Å². The van der Waals surface area contributed by atoms with E-state index in [0.717, 1.165) is 23.4 Å². The lowest BCUT2D eigenvalue weighted by molar-refractivity contribution is -0.274. The summed E-state index contributed by atoms with van der Waals surface area (Å²) in [7, 11) is 1.60. The molecule has 0 unspecified atom stereocenters. The Morgan fingerprint density at radius 2 is 1.66 bits per heavy atom. The van der Waals surface area contributed by atoms with Gasteiger partial charge in [-0.1, -0.05) is 30.3 Å². The van der Waals surface area contributed by atoms with Crippen LogP contribution in [0.2, 0.25) is 0 Å². The second-order valence-corrected chi connectivity index (χ2v) is 9.21. The lowest BCUT2D eigenvalue weighted by atomic mass is 10.1. The summed E-state index contributed by atoms with van der Waals surface area (Å²) in [6.45, 7) is 0.741. The number of para-hydroxylation sites is 1. The monoisotopic (exact) mass is 565 g/mol. The minimum Gasteiger partial charge on any atom is -0.497 e. The minimum atomic E-state index is -4.81. The van der Waals surface area contributed by atoms with Gasteiger partial charge >= 0.3 is 12.4 Å². The number of anilines is 2. The molecular formula is C29H26F3N5O4. The number of fused-ring (bicyclic) bond motifs is 1. The lowest BCUT2D eigenvalue weighted by Crippen LogP contribution is -2.43. The fraction of sp³-hybridized carbons (Fsp3) is 0.207. The van der Waals surface area contributed by atoms with E-state index in [1.807, 2.05) is 42.5 Å². The van der Waals surface area contributed by atoms with Crippen LogP contribution >= 0.6 is 0 Å². The first-order chi connectivity index (χ1) is 19.7. The van der Waals surface area contributed by atoms with Gasteiger partial charge in [0.1, 0.15) is 11.5 Å². The Morgan fingerprint density at radius 3 is 2.32 bits per heavy atom. The van der Waals surface area contributed by atoms with Gasteiger partial charge in [-0.2, -0.15) is 0 Å². The summed E-state index contributed by atoms with van der Waals surface area (Å²) in [4.78, 5) is 33.0. The van der Waals surface area contributed by atoms with Gasteiger partial charge in [-0.05, 0) is 54.1 Å². The van der Waals surface area contributed by atoms with Crippen molar-refractivity contribution in [3.8, 4) is 17.2 Å². The summed E-state index contributed by atoms with van der Waals surface area (Å²) >= 11 is 0. The molecule has 0 fully saturated rings. The number of carbonyl (C=O) groups excluding carboxylic acids is 1. The Kier molecular flexibility index (Phi) is 7.81. The Labute approximate surface area is 233 Å². The maximum atomic E-state index is 13.8. The van der Waals surface area contributed by atoms with Gasteiger partial charge in [0.15, 0.2) is 0 Å². The van der Waals surface area contributed by atoms with E-state index in [1.165, 1.54) is 21.6 Å². The summed E-state index contributed by atoms with van der Waals surface area (Å²) in [5, 5.41) is 5.94. The number of halogens is 3. The van der Waals surface area contributed by atoms with Crippen LogP contribution in [0.1, 0.15) is 16.8 Å². The predicted molar refractivity (Wildman–Crippen MR) is 146 cm³/mol. The first-order valence-electron chi connectivity index (χ1n) is 12.7. The molecule has 9 nitrogen and oxygen atoms in total. The molecule has 0 spiro atoms. The van der Waals surface area contributed by atoms with Gasteiger partial charge in [-0.3, -0.25) is 4.79 Å². The van der Waals surface area contributed by atoms with Crippen molar-refractivity contribution in [1.82, 2.24) is 14.5 Å². The second kappa shape index (κ2) is 11.6. The number of hydrogen-bond acceptors (Lipinski definition) is 6. The van der Waals surface area contributed by atoms with Crippen LogP contribution in [-0.2, 0) is 19.5 Å². The molecule has 41 heavy (non-hydrogen) atoms. The highest BCUT2D eigenvalue weighted by Gasteiger charge is 2.31. The zero-order valence-corrected chi connectivity index (χ0v) is 21.9. The molecule has 0 saturated carbocycles. The summed E-state index contributed by atoms with van der Waals surface area (Å²) in [6, 6.07) is 21.0. The number of alkyl halides is 3. The Balaban J connectivity index is 1.36. The van der Waals surface area contributed by atoms with Crippen LogP contribution in [0, 0.1) is 0 Å². The molecule has 12 heteroatoms. The zero-order valence-electron chi connectivity index (χ0n) is 21.9. The molecular weight excluding hydrogens is 539 g/mol.